The average Bonchev–Trinajstić information content (AvgIpc) is 2.17. The summed E-state index contributed by atoms with van der Waals surface area (Å²) >= 11 is 0. The minimum absolute atomic E-state index is 0.0387. The van der Waals surface area contributed by atoms with Crippen LogP contribution in [0, 0.1) is 0 Å². The standard InChI is InChI=1S/C8H15N3O2/c1-7(12)10-2-4-11(5-3-10)8(13)6-9/h2-6,9H2,1H3. The molecule has 1 rings (SSSR count). The van der Waals surface area contributed by atoms with E-state index in [4.69, 9.17) is 5.73 Å². The molecule has 0 unspecified atom stereocenters. The summed E-state index contributed by atoms with van der Waals surface area (Å²) < 4.78 is 0. The summed E-state index contributed by atoms with van der Waals surface area (Å²) in [5.41, 5.74) is 5.23. The molecule has 0 saturated carbocycles. The van der Waals surface area contributed by atoms with Gasteiger partial charge in [-0.3, -0.25) is 9.59 Å². The zero-order valence-electron chi connectivity index (χ0n) is 7.82. The highest BCUT2D eigenvalue weighted by Gasteiger charge is 2.20. The predicted octanol–water partition coefficient (Wildman–Crippen LogP) is -1.36. The maximum absolute atomic E-state index is 11.1. The molecular weight excluding hydrogens is 170 g/mol. The molecule has 0 aromatic rings. The summed E-state index contributed by atoms with van der Waals surface area (Å²) in [6, 6.07) is 0. The van der Waals surface area contributed by atoms with E-state index in [1.807, 2.05) is 0 Å². The Morgan fingerprint density at radius 2 is 1.62 bits per heavy atom. The second-order valence-corrected chi connectivity index (χ2v) is 3.09. The van der Waals surface area contributed by atoms with E-state index >= 15 is 0 Å². The number of piperazine rings is 1. The third-order valence-electron chi connectivity index (χ3n) is 2.25. The van der Waals surface area contributed by atoms with Gasteiger partial charge in [-0.25, -0.2) is 0 Å². The Balaban J connectivity index is 2.39. The van der Waals surface area contributed by atoms with Gasteiger partial charge < -0.3 is 15.5 Å². The van der Waals surface area contributed by atoms with Crippen molar-refractivity contribution in [1.82, 2.24) is 9.80 Å². The molecule has 2 N–H and O–H groups in total. The number of hydrogen-bond acceptors (Lipinski definition) is 3. The van der Waals surface area contributed by atoms with Gasteiger partial charge in [0.2, 0.25) is 11.8 Å². The van der Waals surface area contributed by atoms with Crippen molar-refractivity contribution in [2.24, 2.45) is 5.73 Å². The summed E-state index contributed by atoms with van der Waals surface area (Å²) in [6.07, 6.45) is 0. The first-order valence-electron chi connectivity index (χ1n) is 4.38. The number of nitrogens with zero attached hydrogens (tertiary/aromatic N) is 2. The van der Waals surface area contributed by atoms with Crippen LogP contribution in [-0.4, -0.2) is 54.3 Å². The molecule has 0 radical (unpaired) electrons. The lowest BCUT2D eigenvalue weighted by atomic mass is 10.3. The summed E-state index contributed by atoms with van der Waals surface area (Å²) in [7, 11) is 0. The van der Waals surface area contributed by atoms with Crippen LogP contribution in [0.25, 0.3) is 0 Å². The van der Waals surface area contributed by atoms with Crippen molar-refractivity contribution in [3.05, 3.63) is 0 Å². The molecule has 5 nitrogen and oxygen atoms in total. The largest absolute Gasteiger partial charge is 0.339 e. The Labute approximate surface area is 77.5 Å². The van der Waals surface area contributed by atoms with E-state index in [1.165, 1.54) is 0 Å². The molecule has 0 aromatic heterocycles. The highest BCUT2D eigenvalue weighted by Crippen LogP contribution is 2.01. The minimum atomic E-state index is -0.0387. The number of hydrogen-bond donors (Lipinski definition) is 1. The third-order valence-corrected chi connectivity index (χ3v) is 2.25. The van der Waals surface area contributed by atoms with Crippen LogP contribution in [0.1, 0.15) is 6.92 Å². The Bertz CT molecular complexity index is 209. The lowest BCUT2D eigenvalue weighted by Crippen LogP contribution is -2.51. The van der Waals surface area contributed by atoms with Crippen molar-refractivity contribution in [3.8, 4) is 0 Å². The molecule has 13 heavy (non-hydrogen) atoms. The quantitative estimate of drug-likeness (QED) is 0.548. The van der Waals surface area contributed by atoms with Gasteiger partial charge in [-0.2, -0.15) is 0 Å². The molecule has 1 saturated heterocycles. The SMILES string of the molecule is CC(=O)N1CCN(C(=O)CN)CC1. The lowest BCUT2D eigenvalue weighted by molar-refractivity contribution is -0.137. The van der Waals surface area contributed by atoms with Crippen molar-refractivity contribution in [2.75, 3.05) is 32.7 Å². The molecule has 0 aliphatic carbocycles. The lowest BCUT2D eigenvalue weighted by Gasteiger charge is -2.33. The molecule has 0 aromatic carbocycles. The molecule has 1 heterocycles. The summed E-state index contributed by atoms with van der Waals surface area (Å²) in [6.45, 7) is 4.06. The normalized spacial score (nSPS) is 17.4. The van der Waals surface area contributed by atoms with Gasteiger partial charge in [0.05, 0.1) is 6.54 Å². The van der Waals surface area contributed by atoms with Crippen LogP contribution in [0.3, 0.4) is 0 Å². The van der Waals surface area contributed by atoms with Gasteiger partial charge in [0, 0.05) is 33.1 Å². The molecule has 1 fully saturated rings. The monoisotopic (exact) mass is 185 g/mol. The smallest absolute Gasteiger partial charge is 0.236 e. The number of nitrogens with two attached hydrogens (primary N) is 1. The van der Waals surface area contributed by atoms with E-state index in [0.29, 0.717) is 26.2 Å². The van der Waals surface area contributed by atoms with Crippen molar-refractivity contribution >= 4 is 11.8 Å². The molecule has 2 amide bonds. The van der Waals surface area contributed by atoms with E-state index in [0.717, 1.165) is 0 Å². The average molecular weight is 185 g/mol. The molecule has 0 spiro atoms. The molecule has 1 aliphatic rings. The van der Waals surface area contributed by atoms with Crippen molar-refractivity contribution in [2.45, 2.75) is 6.92 Å². The van der Waals surface area contributed by atoms with E-state index in [1.54, 1.807) is 16.7 Å². The number of amides is 2. The van der Waals surface area contributed by atoms with Crippen molar-refractivity contribution in [3.63, 3.8) is 0 Å². The van der Waals surface area contributed by atoms with Gasteiger partial charge in [-0.1, -0.05) is 0 Å². The highest BCUT2D eigenvalue weighted by atomic mass is 16.2. The summed E-state index contributed by atoms with van der Waals surface area (Å²) in [5, 5.41) is 0. The number of carbonyl (C=O) groups excluding carboxylic acids is 2. The van der Waals surface area contributed by atoms with E-state index < -0.39 is 0 Å². The van der Waals surface area contributed by atoms with Gasteiger partial charge in [0.15, 0.2) is 0 Å². The number of carbonyl (C=O) groups is 2. The molecular formula is C8H15N3O2. The van der Waals surface area contributed by atoms with E-state index in [2.05, 4.69) is 0 Å². The van der Waals surface area contributed by atoms with E-state index in [-0.39, 0.29) is 18.4 Å². The second kappa shape index (κ2) is 4.23. The maximum atomic E-state index is 11.1. The highest BCUT2D eigenvalue weighted by molar-refractivity contribution is 5.78. The van der Waals surface area contributed by atoms with Crippen LogP contribution in [0.15, 0.2) is 0 Å². The third kappa shape index (κ3) is 2.42. The minimum Gasteiger partial charge on any atom is -0.339 e. The Kier molecular flexibility index (Phi) is 3.25. The predicted molar refractivity (Wildman–Crippen MR) is 47.9 cm³/mol. The second-order valence-electron chi connectivity index (χ2n) is 3.09. The topological polar surface area (TPSA) is 66.6 Å². The van der Waals surface area contributed by atoms with Crippen LogP contribution in [-0.2, 0) is 9.59 Å². The zero-order chi connectivity index (χ0) is 9.84. The van der Waals surface area contributed by atoms with Gasteiger partial charge >= 0.3 is 0 Å². The molecule has 5 heteroatoms. The van der Waals surface area contributed by atoms with E-state index in [9.17, 15) is 9.59 Å². The Morgan fingerprint density at radius 3 is 2.00 bits per heavy atom. The Morgan fingerprint density at radius 1 is 1.15 bits per heavy atom. The van der Waals surface area contributed by atoms with Gasteiger partial charge in [-0.05, 0) is 0 Å². The Hall–Kier alpha value is -1.10. The first-order valence-corrected chi connectivity index (χ1v) is 4.38. The van der Waals surface area contributed by atoms with Crippen LogP contribution in [0.4, 0.5) is 0 Å². The first kappa shape index (κ1) is 9.98. The van der Waals surface area contributed by atoms with Crippen LogP contribution >= 0.6 is 0 Å². The van der Waals surface area contributed by atoms with Gasteiger partial charge in [0.25, 0.3) is 0 Å². The van der Waals surface area contributed by atoms with Crippen molar-refractivity contribution < 1.29 is 9.59 Å². The molecule has 1 aliphatic heterocycles. The maximum Gasteiger partial charge on any atom is 0.236 e. The number of rotatable bonds is 1. The fraction of sp³-hybridized carbons (Fsp3) is 0.750. The molecule has 0 bridgehead atoms. The van der Waals surface area contributed by atoms with Gasteiger partial charge in [0.1, 0.15) is 0 Å². The van der Waals surface area contributed by atoms with Crippen LogP contribution < -0.4 is 5.73 Å². The molecule has 0 atom stereocenters. The summed E-state index contributed by atoms with van der Waals surface area (Å²) in [4.78, 5) is 25.5. The first-order chi connectivity index (χ1) is 6.15. The summed E-state index contributed by atoms with van der Waals surface area (Å²) in [5.74, 6) is 0.0306. The van der Waals surface area contributed by atoms with Crippen molar-refractivity contribution in [1.29, 1.82) is 0 Å². The van der Waals surface area contributed by atoms with Gasteiger partial charge in [-0.15, -0.1) is 0 Å². The van der Waals surface area contributed by atoms with Crippen LogP contribution in [0.5, 0.6) is 0 Å². The zero-order valence-corrected chi connectivity index (χ0v) is 7.82. The fourth-order valence-corrected chi connectivity index (χ4v) is 1.40. The fourth-order valence-electron chi connectivity index (χ4n) is 1.40. The molecule has 74 valence electrons. The van der Waals surface area contributed by atoms with Crippen LogP contribution in [0.2, 0.25) is 0 Å².